The van der Waals surface area contributed by atoms with Crippen LogP contribution in [0.5, 0.6) is 0 Å². The van der Waals surface area contributed by atoms with Crippen molar-refractivity contribution >= 4 is 44.1 Å². The molecule has 0 N–H and O–H groups in total. The maximum absolute atomic E-state index is 6.33. The lowest BCUT2D eigenvalue weighted by molar-refractivity contribution is 0.577. The van der Waals surface area contributed by atoms with Gasteiger partial charge in [0.1, 0.15) is 5.15 Å². The van der Waals surface area contributed by atoms with E-state index in [1.165, 1.54) is 24.9 Å². The van der Waals surface area contributed by atoms with Crippen molar-refractivity contribution in [1.82, 2.24) is 9.97 Å². The molecule has 2 aromatic heterocycles. The van der Waals surface area contributed by atoms with E-state index in [0.29, 0.717) is 5.15 Å². The first-order valence-corrected chi connectivity index (χ1v) is 9.35. The fraction of sp³-hybridized carbons (Fsp3) is 0.263. The fourth-order valence-electron chi connectivity index (χ4n) is 3.24. The second kappa shape index (κ2) is 6.69. The van der Waals surface area contributed by atoms with Crippen LogP contribution in [-0.2, 0) is 0 Å². The van der Waals surface area contributed by atoms with Gasteiger partial charge in [0.25, 0.3) is 0 Å². The molecular formula is C19H17BrClN3. The molecule has 0 saturated carbocycles. The van der Waals surface area contributed by atoms with Gasteiger partial charge in [0.15, 0.2) is 0 Å². The number of aromatic nitrogens is 2. The molecule has 1 aromatic carbocycles. The number of nitrogens with zero attached hydrogens (tertiary/aromatic N) is 3. The highest BCUT2D eigenvalue weighted by Crippen LogP contribution is 2.34. The molecule has 0 radical (unpaired) electrons. The van der Waals surface area contributed by atoms with E-state index >= 15 is 0 Å². The van der Waals surface area contributed by atoms with Crippen LogP contribution in [0.4, 0.5) is 5.69 Å². The van der Waals surface area contributed by atoms with Crippen LogP contribution in [0.2, 0.25) is 5.15 Å². The molecule has 3 nitrogen and oxygen atoms in total. The summed E-state index contributed by atoms with van der Waals surface area (Å²) >= 11 is 10.1. The van der Waals surface area contributed by atoms with Gasteiger partial charge >= 0.3 is 0 Å². The van der Waals surface area contributed by atoms with Crippen LogP contribution in [0.25, 0.3) is 22.2 Å². The van der Waals surface area contributed by atoms with Gasteiger partial charge in [-0.05, 0) is 65.5 Å². The van der Waals surface area contributed by atoms with Crippen LogP contribution in [-0.4, -0.2) is 23.1 Å². The molecule has 3 aromatic rings. The van der Waals surface area contributed by atoms with Crippen molar-refractivity contribution in [2.75, 3.05) is 18.0 Å². The number of benzene rings is 1. The number of rotatable bonds is 2. The van der Waals surface area contributed by atoms with Crippen LogP contribution < -0.4 is 4.90 Å². The molecule has 0 atom stereocenters. The summed E-state index contributed by atoms with van der Waals surface area (Å²) in [6.07, 6.45) is 5.64. The summed E-state index contributed by atoms with van der Waals surface area (Å²) in [6, 6.07) is 12.2. The minimum absolute atomic E-state index is 0.492. The first-order valence-electron chi connectivity index (χ1n) is 8.18. The van der Waals surface area contributed by atoms with Gasteiger partial charge in [-0.1, -0.05) is 17.7 Å². The van der Waals surface area contributed by atoms with E-state index in [0.717, 1.165) is 39.7 Å². The lowest BCUT2D eigenvalue weighted by atomic mass is 10.1. The van der Waals surface area contributed by atoms with Gasteiger partial charge in [-0.3, -0.25) is 4.98 Å². The van der Waals surface area contributed by atoms with Gasteiger partial charge in [-0.15, -0.1) is 0 Å². The predicted molar refractivity (Wildman–Crippen MR) is 104 cm³/mol. The first-order chi connectivity index (χ1) is 11.7. The van der Waals surface area contributed by atoms with Crippen LogP contribution in [0.15, 0.2) is 47.1 Å². The Morgan fingerprint density at radius 1 is 1.04 bits per heavy atom. The standard InChI is InChI=1S/C19H17BrClN3/c20-15-11-13(6-7-18(15)24-9-2-1-3-10-24)16-12-17-14(19(21)23-16)5-4-8-22-17/h4-8,11-12H,1-3,9-10H2. The summed E-state index contributed by atoms with van der Waals surface area (Å²) < 4.78 is 1.10. The summed E-state index contributed by atoms with van der Waals surface area (Å²) in [5, 5.41) is 1.37. The molecule has 0 aliphatic carbocycles. The second-order valence-corrected chi connectivity index (χ2v) is 7.29. The molecule has 0 unspecified atom stereocenters. The molecule has 1 saturated heterocycles. The number of piperidine rings is 1. The number of pyridine rings is 2. The van der Waals surface area contributed by atoms with E-state index in [1.807, 2.05) is 18.2 Å². The van der Waals surface area contributed by atoms with Crippen LogP contribution >= 0.6 is 27.5 Å². The van der Waals surface area contributed by atoms with E-state index in [1.54, 1.807) is 6.20 Å². The van der Waals surface area contributed by atoms with Crippen molar-refractivity contribution < 1.29 is 0 Å². The van der Waals surface area contributed by atoms with Crippen LogP contribution in [0.3, 0.4) is 0 Å². The average molecular weight is 403 g/mol. The summed E-state index contributed by atoms with van der Waals surface area (Å²) in [6.45, 7) is 2.25. The highest BCUT2D eigenvalue weighted by molar-refractivity contribution is 9.10. The summed E-state index contributed by atoms with van der Waals surface area (Å²) in [4.78, 5) is 11.4. The predicted octanol–water partition coefficient (Wildman–Crippen LogP) is 5.70. The highest BCUT2D eigenvalue weighted by atomic mass is 79.9. The zero-order chi connectivity index (χ0) is 16.5. The van der Waals surface area contributed by atoms with Gasteiger partial charge in [-0.2, -0.15) is 0 Å². The minimum Gasteiger partial charge on any atom is -0.371 e. The minimum atomic E-state index is 0.492. The maximum atomic E-state index is 6.33. The van der Waals surface area contributed by atoms with Gasteiger partial charge < -0.3 is 4.90 Å². The third kappa shape index (κ3) is 3.01. The number of anilines is 1. The van der Waals surface area contributed by atoms with Gasteiger partial charge in [0.2, 0.25) is 0 Å². The molecule has 122 valence electrons. The third-order valence-corrected chi connectivity index (χ3v) is 5.42. The SMILES string of the molecule is Clc1nc(-c2ccc(N3CCCCC3)c(Br)c2)cc2ncccc12. The van der Waals surface area contributed by atoms with E-state index in [9.17, 15) is 0 Å². The molecule has 4 rings (SSSR count). The Balaban J connectivity index is 1.73. The topological polar surface area (TPSA) is 29.0 Å². The summed E-state index contributed by atoms with van der Waals surface area (Å²) in [7, 11) is 0. The molecule has 3 heterocycles. The van der Waals surface area contributed by atoms with Crippen LogP contribution in [0, 0.1) is 0 Å². The lowest BCUT2D eigenvalue weighted by Gasteiger charge is -2.29. The maximum Gasteiger partial charge on any atom is 0.139 e. The summed E-state index contributed by atoms with van der Waals surface area (Å²) in [5.74, 6) is 0. The summed E-state index contributed by atoms with van der Waals surface area (Å²) in [5.41, 5.74) is 4.00. The van der Waals surface area contributed by atoms with E-state index in [-0.39, 0.29) is 0 Å². The Labute approximate surface area is 154 Å². The molecular weight excluding hydrogens is 386 g/mol. The first kappa shape index (κ1) is 15.9. The molecule has 0 spiro atoms. The molecule has 0 bridgehead atoms. The molecule has 0 amide bonds. The van der Waals surface area contributed by atoms with Gasteiger partial charge in [-0.25, -0.2) is 4.98 Å². The van der Waals surface area contributed by atoms with E-state index in [4.69, 9.17) is 11.6 Å². The smallest absolute Gasteiger partial charge is 0.139 e. The van der Waals surface area contributed by atoms with Crippen molar-refractivity contribution in [3.63, 3.8) is 0 Å². The molecule has 5 heteroatoms. The average Bonchev–Trinajstić information content (AvgIpc) is 2.62. The van der Waals surface area contributed by atoms with Crippen molar-refractivity contribution in [2.24, 2.45) is 0 Å². The Kier molecular flexibility index (Phi) is 4.42. The Bertz CT molecular complexity index is 891. The monoisotopic (exact) mass is 401 g/mol. The number of fused-ring (bicyclic) bond motifs is 1. The fourth-order valence-corrected chi connectivity index (χ4v) is 4.12. The molecule has 1 aliphatic heterocycles. The van der Waals surface area contributed by atoms with E-state index < -0.39 is 0 Å². The van der Waals surface area contributed by atoms with E-state index in [2.05, 4.69) is 49.0 Å². The van der Waals surface area contributed by atoms with Crippen LogP contribution in [0.1, 0.15) is 19.3 Å². The van der Waals surface area contributed by atoms with Crippen molar-refractivity contribution in [3.05, 3.63) is 52.2 Å². The van der Waals surface area contributed by atoms with Gasteiger partial charge in [0.05, 0.1) is 16.9 Å². The second-order valence-electron chi connectivity index (χ2n) is 6.08. The largest absolute Gasteiger partial charge is 0.371 e. The van der Waals surface area contributed by atoms with Crippen molar-refractivity contribution in [1.29, 1.82) is 0 Å². The number of hydrogen-bond acceptors (Lipinski definition) is 3. The Morgan fingerprint density at radius 3 is 2.67 bits per heavy atom. The van der Waals surface area contributed by atoms with Crippen molar-refractivity contribution in [2.45, 2.75) is 19.3 Å². The number of hydrogen-bond donors (Lipinski definition) is 0. The Morgan fingerprint density at radius 2 is 1.88 bits per heavy atom. The normalized spacial score (nSPS) is 15.0. The van der Waals surface area contributed by atoms with Gasteiger partial charge in [0, 0.05) is 34.7 Å². The highest BCUT2D eigenvalue weighted by Gasteiger charge is 2.15. The zero-order valence-electron chi connectivity index (χ0n) is 13.2. The quantitative estimate of drug-likeness (QED) is 0.515. The number of halogens is 2. The Hall–Kier alpha value is -1.65. The zero-order valence-corrected chi connectivity index (χ0v) is 15.5. The third-order valence-electron chi connectivity index (χ3n) is 4.49. The molecule has 1 fully saturated rings. The lowest BCUT2D eigenvalue weighted by Crippen LogP contribution is -2.29. The molecule has 24 heavy (non-hydrogen) atoms. The molecule has 1 aliphatic rings. The van der Waals surface area contributed by atoms with Crippen molar-refractivity contribution in [3.8, 4) is 11.3 Å².